The van der Waals surface area contributed by atoms with Gasteiger partial charge in [-0.2, -0.15) is 0 Å². The van der Waals surface area contributed by atoms with Gasteiger partial charge in [0.1, 0.15) is 0 Å². The van der Waals surface area contributed by atoms with Gasteiger partial charge in [0.2, 0.25) is 5.91 Å². The number of piperidine rings is 1. The summed E-state index contributed by atoms with van der Waals surface area (Å²) in [6.07, 6.45) is 6.64. The second kappa shape index (κ2) is 11.8. The summed E-state index contributed by atoms with van der Waals surface area (Å²) in [4.78, 5) is 14.4. The number of benzene rings is 1. The van der Waals surface area contributed by atoms with Crippen molar-refractivity contribution >= 4 is 30.7 Å². The molecule has 0 bridgehead atoms. The van der Waals surface area contributed by atoms with Gasteiger partial charge >= 0.3 is 0 Å². The maximum atomic E-state index is 11.8. The van der Waals surface area contributed by atoms with E-state index in [1.807, 2.05) is 0 Å². The highest BCUT2D eigenvalue weighted by molar-refractivity contribution is 5.85. The fourth-order valence-corrected chi connectivity index (χ4v) is 3.36. The van der Waals surface area contributed by atoms with Gasteiger partial charge in [-0.15, -0.1) is 24.8 Å². The number of rotatable bonds is 8. The lowest BCUT2D eigenvalue weighted by molar-refractivity contribution is -0.120. The Morgan fingerprint density at radius 3 is 2.42 bits per heavy atom. The number of likely N-dealkylation sites (tertiary alicyclic amines) is 1. The van der Waals surface area contributed by atoms with Crippen LogP contribution in [0.2, 0.25) is 0 Å². The summed E-state index contributed by atoms with van der Waals surface area (Å²) in [6.45, 7) is 6.62. The van der Waals surface area contributed by atoms with Crippen molar-refractivity contribution < 1.29 is 4.79 Å². The van der Waals surface area contributed by atoms with Gasteiger partial charge < -0.3 is 10.6 Å². The fourth-order valence-electron chi connectivity index (χ4n) is 3.36. The van der Waals surface area contributed by atoms with Crippen LogP contribution in [-0.4, -0.2) is 36.5 Å². The molecule has 1 saturated heterocycles. The van der Waals surface area contributed by atoms with E-state index in [1.54, 1.807) is 0 Å². The fraction of sp³-hybridized carbons (Fsp3) is 0.650. The lowest BCUT2D eigenvalue weighted by Gasteiger charge is -2.33. The predicted molar refractivity (Wildman–Crippen MR) is 112 cm³/mol. The Hall–Kier alpha value is -0.810. The van der Waals surface area contributed by atoms with Crippen LogP contribution in [-0.2, 0) is 17.9 Å². The monoisotopic (exact) mass is 401 g/mol. The molecule has 6 heteroatoms. The standard InChI is InChI=1S/C20H31N3O.2ClH/c1-16-4-2-3-11-23(16)15-19-9-7-18(8-10-19)13-22-20(24)14-21-12-17-5-6-17;;/h7-10,16-17,21H,2-6,11-15H2,1H3,(H,22,24);2*1H. The topological polar surface area (TPSA) is 44.4 Å². The maximum absolute atomic E-state index is 11.8. The van der Waals surface area contributed by atoms with Gasteiger partial charge in [-0.05, 0) is 62.7 Å². The van der Waals surface area contributed by atoms with Crippen LogP contribution < -0.4 is 10.6 Å². The minimum Gasteiger partial charge on any atom is -0.351 e. The van der Waals surface area contributed by atoms with E-state index in [0.717, 1.165) is 19.0 Å². The van der Waals surface area contributed by atoms with E-state index in [0.29, 0.717) is 19.1 Å². The zero-order valence-corrected chi connectivity index (χ0v) is 17.3. The van der Waals surface area contributed by atoms with E-state index in [-0.39, 0.29) is 30.7 Å². The lowest BCUT2D eigenvalue weighted by Crippen LogP contribution is -2.36. The van der Waals surface area contributed by atoms with Gasteiger partial charge in [0, 0.05) is 19.1 Å². The van der Waals surface area contributed by atoms with Gasteiger partial charge in [0.15, 0.2) is 0 Å². The predicted octanol–water partition coefficient (Wildman–Crippen LogP) is 3.52. The molecule has 2 fully saturated rings. The summed E-state index contributed by atoms with van der Waals surface area (Å²) in [7, 11) is 0. The second-order valence-electron chi connectivity index (χ2n) is 7.48. The average Bonchev–Trinajstić information content (AvgIpc) is 3.41. The quantitative estimate of drug-likeness (QED) is 0.700. The molecular weight excluding hydrogens is 369 g/mol. The average molecular weight is 402 g/mol. The molecule has 1 aliphatic carbocycles. The van der Waals surface area contributed by atoms with Crippen molar-refractivity contribution in [2.24, 2.45) is 5.92 Å². The highest BCUT2D eigenvalue weighted by Crippen LogP contribution is 2.27. The molecule has 1 heterocycles. The highest BCUT2D eigenvalue weighted by atomic mass is 35.5. The Kier molecular flexibility index (Phi) is 10.6. The SMILES string of the molecule is CC1CCCCN1Cc1ccc(CNC(=O)CNCC2CC2)cc1.Cl.Cl. The number of hydrogen-bond acceptors (Lipinski definition) is 3. The smallest absolute Gasteiger partial charge is 0.234 e. The van der Waals surface area contributed by atoms with Crippen LogP contribution in [0.4, 0.5) is 0 Å². The number of nitrogens with zero attached hydrogens (tertiary/aromatic N) is 1. The van der Waals surface area contributed by atoms with Gasteiger partial charge in [-0.25, -0.2) is 0 Å². The molecule has 0 aromatic heterocycles. The van der Waals surface area contributed by atoms with Crippen LogP contribution >= 0.6 is 24.8 Å². The van der Waals surface area contributed by atoms with Gasteiger partial charge in [0.25, 0.3) is 0 Å². The van der Waals surface area contributed by atoms with E-state index in [9.17, 15) is 4.79 Å². The normalized spacial score (nSPS) is 20.0. The van der Waals surface area contributed by atoms with Crippen LogP contribution in [0.1, 0.15) is 50.2 Å². The van der Waals surface area contributed by atoms with Crippen molar-refractivity contribution in [3.05, 3.63) is 35.4 Å². The molecule has 1 unspecified atom stereocenters. The van der Waals surface area contributed by atoms with Crippen LogP contribution in [0, 0.1) is 5.92 Å². The summed E-state index contributed by atoms with van der Waals surface area (Å²) in [5.74, 6) is 0.898. The van der Waals surface area contributed by atoms with Crippen LogP contribution in [0.5, 0.6) is 0 Å². The minimum absolute atomic E-state index is 0. The number of amides is 1. The number of carbonyl (C=O) groups is 1. The first kappa shape index (κ1) is 23.2. The van der Waals surface area contributed by atoms with E-state index in [2.05, 4.69) is 46.7 Å². The largest absolute Gasteiger partial charge is 0.351 e. The van der Waals surface area contributed by atoms with E-state index in [4.69, 9.17) is 0 Å². The van der Waals surface area contributed by atoms with Gasteiger partial charge in [-0.3, -0.25) is 9.69 Å². The number of nitrogens with one attached hydrogen (secondary N) is 2. The first-order valence-electron chi connectivity index (χ1n) is 9.50. The number of halogens is 2. The zero-order valence-electron chi connectivity index (χ0n) is 15.7. The Balaban J connectivity index is 0.00000169. The highest BCUT2D eigenvalue weighted by Gasteiger charge is 2.20. The lowest BCUT2D eigenvalue weighted by atomic mass is 10.0. The Morgan fingerprint density at radius 1 is 1.08 bits per heavy atom. The Bertz CT molecular complexity index is 534. The second-order valence-corrected chi connectivity index (χ2v) is 7.48. The summed E-state index contributed by atoms with van der Waals surface area (Å²) in [5, 5.41) is 6.21. The van der Waals surface area contributed by atoms with Crippen LogP contribution in [0.15, 0.2) is 24.3 Å². The van der Waals surface area contributed by atoms with Crippen molar-refractivity contribution in [3.63, 3.8) is 0 Å². The third-order valence-electron chi connectivity index (χ3n) is 5.25. The summed E-state index contributed by atoms with van der Waals surface area (Å²) >= 11 is 0. The Morgan fingerprint density at radius 2 is 1.77 bits per heavy atom. The maximum Gasteiger partial charge on any atom is 0.234 e. The summed E-state index contributed by atoms with van der Waals surface area (Å²) in [5.41, 5.74) is 2.53. The summed E-state index contributed by atoms with van der Waals surface area (Å²) < 4.78 is 0. The molecule has 1 atom stereocenters. The number of hydrogen-bond donors (Lipinski definition) is 2. The zero-order chi connectivity index (χ0) is 16.8. The van der Waals surface area contributed by atoms with Gasteiger partial charge in [-0.1, -0.05) is 30.7 Å². The van der Waals surface area contributed by atoms with Gasteiger partial charge in [0.05, 0.1) is 6.54 Å². The third kappa shape index (κ3) is 7.83. The first-order valence-corrected chi connectivity index (χ1v) is 9.50. The first-order chi connectivity index (χ1) is 11.7. The molecular formula is C20H33Cl2N3O. The molecule has 3 rings (SSSR count). The number of carbonyl (C=O) groups excluding carboxylic acids is 1. The van der Waals surface area contributed by atoms with Crippen LogP contribution in [0.25, 0.3) is 0 Å². The molecule has 2 aliphatic rings. The van der Waals surface area contributed by atoms with E-state index < -0.39 is 0 Å². The molecule has 1 aliphatic heterocycles. The Labute approximate surface area is 170 Å². The van der Waals surface area contributed by atoms with Crippen molar-refractivity contribution in [2.45, 2.75) is 58.2 Å². The molecule has 0 spiro atoms. The van der Waals surface area contributed by atoms with Crippen molar-refractivity contribution in [1.29, 1.82) is 0 Å². The van der Waals surface area contributed by atoms with E-state index in [1.165, 1.54) is 49.8 Å². The van der Waals surface area contributed by atoms with Crippen molar-refractivity contribution in [1.82, 2.24) is 15.5 Å². The van der Waals surface area contributed by atoms with E-state index >= 15 is 0 Å². The van der Waals surface area contributed by atoms with Crippen molar-refractivity contribution in [3.8, 4) is 0 Å². The molecule has 1 aromatic rings. The molecule has 26 heavy (non-hydrogen) atoms. The molecule has 1 aromatic carbocycles. The molecule has 148 valence electrons. The third-order valence-corrected chi connectivity index (χ3v) is 5.25. The molecule has 0 radical (unpaired) electrons. The summed E-state index contributed by atoms with van der Waals surface area (Å²) in [6, 6.07) is 9.38. The molecule has 2 N–H and O–H groups in total. The minimum atomic E-state index is 0. The molecule has 1 saturated carbocycles. The van der Waals surface area contributed by atoms with Crippen LogP contribution in [0.3, 0.4) is 0 Å². The van der Waals surface area contributed by atoms with Crippen molar-refractivity contribution in [2.75, 3.05) is 19.6 Å². The molecule has 1 amide bonds. The molecule has 4 nitrogen and oxygen atoms in total.